The highest BCUT2D eigenvalue weighted by Crippen LogP contribution is 2.41. The summed E-state index contributed by atoms with van der Waals surface area (Å²) in [6, 6.07) is 10.4. The van der Waals surface area contributed by atoms with E-state index in [2.05, 4.69) is 5.16 Å². The smallest absolute Gasteiger partial charge is 0.281 e. The maximum atomic E-state index is 13.2. The number of oxime groups is 1. The summed E-state index contributed by atoms with van der Waals surface area (Å²) in [5.74, 6) is -0.414. The van der Waals surface area contributed by atoms with Crippen LogP contribution in [-0.2, 0) is 14.4 Å². The van der Waals surface area contributed by atoms with Crippen molar-refractivity contribution in [3.63, 3.8) is 0 Å². The number of imide groups is 1. The number of amides is 2. The maximum absolute atomic E-state index is 13.2. The molecule has 1 atom stereocenters. The maximum Gasteiger partial charge on any atom is 0.281 e. The molecule has 2 amide bonds. The van der Waals surface area contributed by atoms with Gasteiger partial charge in [0.2, 0.25) is 11.5 Å². The average molecular weight is 384 g/mol. The molecule has 2 aliphatic heterocycles. The minimum Gasteiger partial charge on any atom is -0.493 e. The van der Waals surface area contributed by atoms with Crippen molar-refractivity contribution in [3.8, 4) is 11.5 Å². The van der Waals surface area contributed by atoms with Gasteiger partial charge in [-0.05, 0) is 36.4 Å². The van der Waals surface area contributed by atoms with Gasteiger partial charge in [-0.2, -0.15) is 0 Å². The van der Waals surface area contributed by atoms with Gasteiger partial charge in [-0.15, -0.1) is 0 Å². The van der Waals surface area contributed by atoms with Gasteiger partial charge in [-0.3, -0.25) is 9.59 Å². The zero-order valence-corrected chi connectivity index (χ0v) is 15.3. The van der Waals surface area contributed by atoms with E-state index in [1.54, 1.807) is 18.2 Å². The van der Waals surface area contributed by atoms with E-state index >= 15 is 0 Å². The Morgan fingerprint density at radius 1 is 1.07 bits per heavy atom. The van der Waals surface area contributed by atoms with Crippen LogP contribution in [0.4, 0.5) is 10.1 Å². The van der Waals surface area contributed by atoms with Crippen molar-refractivity contribution >= 4 is 23.2 Å². The highest BCUT2D eigenvalue weighted by molar-refractivity contribution is 6.26. The lowest BCUT2D eigenvalue weighted by Gasteiger charge is -2.19. The Labute approximate surface area is 160 Å². The van der Waals surface area contributed by atoms with Crippen LogP contribution in [0.15, 0.2) is 47.6 Å². The predicted octanol–water partition coefficient (Wildman–Crippen LogP) is 2.67. The van der Waals surface area contributed by atoms with E-state index in [4.69, 9.17) is 14.3 Å². The second-order valence-electron chi connectivity index (χ2n) is 6.53. The number of halogens is 1. The van der Waals surface area contributed by atoms with Crippen molar-refractivity contribution in [2.24, 2.45) is 5.16 Å². The molecule has 0 radical (unpaired) electrons. The number of hydrogen-bond acceptors (Lipinski definition) is 6. The lowest BCUT2D eigenvalue weighted by Crippen LogP contribution is -2.40. The summed E-state index contributed by atoms with van der Waals surface area (Å²) in [6.45, 7) is 0. The molecule has 2 aromatic rings. The van der Waals surface area contributed by atoms with Gasteiger partial charge >= 0.3 is 0 Å². The number of carbonyl (C=O) groups excluding carboxylic acids is 2. The Kier molecular flexibility index (Phi) is 4.26. The number of ether oxygens (including phenoxy) is 2. The lowest BCUT2D eigenvalue weighted by molar-refractivity contribution is -0.136. The molecule has 0 saturated carbocycles. The van der Waals surface area contributed by atoms with E-state index in [0.29, 0.717) is 28.5 Å². The van der Waals surface area contributed by atoms with Crippen molar-refractivity contribution in [1.82, 2.24) is 0 Å². The fourth-order valence-corrected chi connectivity index (χ4v) is 3.51. The van der Waals surface area contributed by atoms with Crippen LogP contribution in [0.25, 0.3) is 0 Å². The Bertz CT molecular complexity index is 989. The Morgan fingerprint density at radius 2 is 1.82 bits per heavy atom. The molecule has 1 fully saturated rings. The van der Waals surface area contributed by atoms with Gasteiger partial charge < -0.3 is 14.3 Å². The van der Waals surface area contributed by atoms with E-state index < -0.39 is 23.2 Å². The molecule has 1 saturated heterocycles. The SMILES string of the molecule is COc1cccc(C2=NO[C@@]3(CC(=O)N(c4ccc(F)cc4)C3=O)C2)c1OC. The highest BCUT2D eigenvalue weighted by atomic mass is 19.1. The highest BCUT2D eigenvalue weighted by Gasteiger charge is 2.58. The van der Waals surface area contributed by atoms with E-state index in [-0.39, 0.29) is 12.8 Å². The van der Waals surface area contributed by atoms with Crippen molar-refractivity contribution in [2.75, 3.05) is 19.1 Å². The number of anilines is 1. The molecule has 1 spiro atoms. The van der Waals surface area contributed by atoms with Gasteiger partial charge in [0.25, 0.3) is 5.91 Å². The summed E-state index contributed by atoms with van der Waals surface area (Å²) in [6.07, 6.45) is -0.0404. The van der Waals surface area contributed by atoms with E-state index in [1.807, 2.05) is 0 Å². The first kappa shape index (κ1) is 18.0. The molecule has 7 nitrogen and oxygen atoms in total. The zero-order chi connectivity index (χ0) is 19.9. The first-order valence-electron chi connectivity index (χ1n) is 8.58. The van der Waals surface area contributed by atoms with Crippen LogP contribution in [-0.4, -0.2) is 37.3 Å². The summed E-state index contributed by atoms with van der Waals surface area (Å²) >= 11 is 0. The second-order valence-corrected chi connectivity index (χ2v) is 6.53. The molecule has 0 aromatic heterocycles. The number of nitrogens with zero attached hydrogens (tertiary/aromatic N) is 2. The van der Waals surface area contributed by atoms with Crippen LogP contribution in [0, 0.1) is 5.82 Å². The molecule has 28 heavy (non-hydrogen) atoms. The minimum absolute atomic E-state index is 0.110. The number of rotatable bonds is 4. The van der Waals surface area contributed by atoms with Crippen LogP contribution < -0.4 is 14.4 Å². The Balaban J connectivity index is 1.64. The van der Waals surface area contributed by atoms with Gasteiger partial charge in [0, 0.05) is 12.0 Å². The first-order valence-corrected chi connectivity index (χ1v) is 8.58. The molecule has 8 heteroatoms. The van der Waals surface area contributed by atoms with E-state index in [0.717, 1.165) is 4.90 Å². The third-order valence-corrected chi connectivity index (χ3v) is 4.86. The molecule has 0 aliphatic carbocycles. The Hall–Kier alpha value is -3.42. The topological polar surface area (TPSA) is 77.4 Å². The number of methoxy groups -OCH3 is 2. The van der Waals surface area contributed by atoms with Crippen LogP contribution in [0.3, 0.4) is 0 Å². The first-order chi connectivity index (χ1) is 13.5. The van der Waals surface area contributed by atoms with Gasteiger partial charge in [0.05, 0.1) is 32.0 Å². The average Bonchev–Trinajstić information content (AvgIpc) is 3.23. The number of para-hydroxylation sites is 1. The van der Waals surface area contributed by atoms with Crippen molar-refractivity contribution in [2.45, 2.75) is 18.4 Å². The van der Waals surface area contributed by atoms with Crippen molar-refractivity contribution in [1.29, 1.82) is 0 Å². The van der Waals surface area contributed by atoms with Crippen LogP contribution in [0.1, 0.15) is 18.4 Å². The summed E-state index contributed by atoms with van der Waals surface area (Å²) in [4.78, 5) is 32.1. The van der Waals surface area contributed by atoms with Gasteiger partial charge in [-0.25, -0.2) is 9.29 Å². The number of carbonyl (C=O) groups is 2. The molecule has 2 aromatic carbocycles. The molecule has 2 aliphatic rings. The second kappa shape index (κ2) is 6.63. The largest absolute Gasteiger partial charge is 0.493 e. The molecule has 144 valence electrons. The van der Waals surface area contributed by atoms with Gasteiger partial charge in [-0.1, -0.05) is 11.2 Å². The predicted molar refractivity (Wildman–Crippen MR) is 98.0 cm³/mol. The fourth-order valence-electron chi connectivity index (χ4n) is 3.51. The third kappa shape index (κ3) is 2.69. The van der Waals surface area contributed by atoms with Crippen LogP contribution >= 0.6 is 0 Å². The standard InChI is InChI=1S/C20H17FN2O5/c1-26-16-5-3-4-14(18(16)27-2)15-10-20(28-22-15)11-17(24)23(19(20)25)13-8-6-12(21)7-9-13/h3-9H,10-11H2,1-2H3/t20-/m1/s1. The summed E-state index contributed by atoms with van der Waals surface area (Å²) in [5.41, 5.74) is -0.00382. The molecular weight excluding hydrogens is 367 g/mol. The number of benzene rings is 2. The third-order valence-electron chi connectivity index (χ3n) is 4.86. The van der Waals surface area contributed by atoms with Crippen molar-refractivity contribution < 1.29 is 28.3 Å². The van der Waals surface area contributed by atoms with E-state index in [1.165, 1.54) is 38.5 Å². The minimum atomic E-state index is -1.41. The lowest BCUT2D eigenvalue weighted by atomic mass is 9.92. The van der Waals surface area contributed by atoms with Gasteiger partial charge in [0.1, 0.15) is 5.82 Å². The Morgan fingerprint density at radius 3 is 2.50 bits per heavy atom. The number of hydrogen-bond donors (Lipinski definition) is 0. The molecule has 0 N–H and O–H groups in total. The zero-order valence-electron chi connectivity index (χ0n) is 15.3. The monoisotopic (exact) mass is 384 g/mol. The quantitative estimate of drug-likeness (QED) is 0.758. The van der Waals surface area contributed by atoms with Crippen LogP contribution in [0.5, 0.6) is 11.5 Å². The van der Waals surface area contributed by atoms with Crippen molar-refractivity contribution in [3.05, 3.63) is 53.8 Å². The molecule has 4 rings (SSSR count). The van der Waals surface area contributed by atoms with Gasteiger partial charge in [0.15, 0.2) is 11.5 Å². The molecule has 2 heterocycles. The summed E-state index contributed by atoms with van der Waals surface area (Å²) < 4.78 is 23.9. The summed E-state index contributed by atoms with van der Waals surface area (Å²) in [5, 5.41) is 4.07. The molecule has 0 bridgehead atoms. The molecule has 0 unspecified atom stereocenters. The van der Waals surface area contributed by atoms with E-state index in [9.17, 15) is 14.0 Å². The molecular formula is C20H17FN2O5. The fraction of sp³-hybridized carbons (Fsp3) is 0.250. The summed E-state index contributed by atoms with van der Waals surface area (Å²) in [7, 11) is 3.03. The normalized spacial score (nSPS) is 21.1. The van der Waals surface area contributed by atoms with Crippen LogP contribution in [0.2, 0.25) is 0 Å².